The van der Waals surface area contributed by atoms with E-state index in [1.54, 1.807) is 6.20 Å². The molecule has 0 aliphatic carbocycles. The first-order valence-electron chi connectivity index (χ1n) is 9.41. The van der Waals surface area contributed by atoms with Gasteiger partial charge in [0.05, 0.1) is 16.6 Å². The van der Waals surface area contributed by atoms with Crippen LogP contribution in [0, 0.1) is 0 Å². The predicted octanol–water partition coefficient (Wildman–Crippen LogP) is 5.22. The highest BCUT2D eigenvalue weighted by molar-refractivity contribution is 7.17. The molecule has 1 N–H and O–H groups in total. The van der Waals surface area contributed by atoms with Gasteiger partial charge in [0.1, 0.15) is 12.4 Å². The van der Waals surface area contributed by atoms with E-state index >= 15 is 0 Å². The summed E-state index contributed by atoms with van der Waals surface area (Å²) in [6.45, 7) is 0.485. The van der Waals surface area contributed by atoms with Crippen molar-refractivity contribution in [1.29, 1.82) is 0 Å². The Morgan fingerprint density at radius 3 is 2.62 bits per heavy atom. The molecule has 1 aliphatic heterocycles. The lowest BCUT2D eigenvalue weighted by atomic mass is 10.0. The molecule has 2 aromatic carbocycles. The molecular weight excluding hydrogens is 380 g/mol. The first-order chi connectivity index (χ1) is 14.3. The molecule has 0 radical (unpaired) electrons. The minimum Gasteiger partial charge on any atom is -0.488 e. The number of ether oxygens (including phenoxy) is 1. The summed E-state index contributed by atoms with van der Waals surface area (Å²) in [5, 5.41) is 3.17. The van der Waals surface area contributed by atoms with Gasteiger partial charge in [-0.2, -0.15) is 0 Å². The van der Waals surface area contributed by atoms with Crippen molar-refractivity contribution in [2.75, 3.05) is 0 Å². The molecule has 2 aromatic heterocycles. The quantitative estimate of drug-likeness (QED) is 0.513. The monoisotopic (exact) mass is 398 g/mol. The summed E-state index contributed by atoms with van der Waals surface area (Å²) in [6.07, 6.45) is 1.75. The summed E-state index contributed by atoms with van der Waals surface area (Å²) >= 11 is 1.51. The Bertz CT molecular complexity index is 1120. The number of benzene rings is 2. The second kappa shape index (κ2) is 7.53. The molecule has 4 nitrogen and oxygen atoms in total. The Hall–Kier alpha value is -3.44. The van der Waals surface area contributed by atoms with Crippen LogP contribution in [0.4, 0.5) is 0 Å². The summed E-state index contributed by atoms with van der Waals surface area (Å²) in [7, 11) is 0. The Labute approximate surface area is 172 Å². The largest absolute Gasteiger partial charge is 0.488 e. The SMILES string of the molecule is O=C(N[C@@H](c1ccccc1)c1ccccn1)c1cc2c(s1)-c1ccccc1OC2. The number of amides is 1. The summed E-state index contributed by atoms with van der Waals surface area (Å²) in [4.78, 5) is 19.4. The maximum atomic E-state index is 13.2. The second-order valence-corrected chi connectivity index (χ2v) is 7.87. The molecule has 0 unspecified atom stereocenters. The normalized spacial score (nSPS) is 13.0. The van der Waals surface area contributed by atoms with E-state index in [-0.39, 0.29) is 11.9 Å². The van der Waals surface area contributed by atoms with Crippen LogP contribution in [0.5, 0.6) is 5.75 Å². The van der Waals surface area contributed by atoms with Crippen LogP contribution in [0.3, 0.4) is 0 Å². The molecule has 0 fully saturated rings. The van der Waals surface area contributed by atoms with Gasteiger partial charge in [-0.1, -0.05) is 48.5 Å². The number of rotatable bonds is 4. The van der Waals surface area contributed by atoms with Crippen LogP contribution in [0.2, 0.25) is 0 Å². The number of hydrogen-bond donors (Lipinski definition) is 1. The van der Waals surface area contributed by atoms with E-state index < -0.39 is 0 Å². The van der Waals surface area contributed by atoms with Crippen molar-refractivity contribution in [2.45, 2.75) is 12.6 Å². The maximum Gasteiger partial charge on any atom is 0.262 e. The lowest BCUT2D eigenvalue weighted by molar-refractivity contribution is 0.0946. The Morgan fingerprint density at radius 2 is 1.79 bits per heavy atom. The zero-order valence-electron chi connectivity index (χ0n) is 15.5. The first-order valence-corrected chi connectivity index (χ1v) is 10.2. The zero-order chi connectivity index (χ0) is 19.6. The molecular formula is C24H18N2O2S. The number of aromatic nitrogens is 1. The minimum atomic E-state index is -0.312. The van der Waals surface area contributed by atoms with E-state index in [2.05, 4.69) is 10.3 Å². The standard InChI is InChI=1S/C24H18N2O2S/c27-24(21-14-17-15-28-20-12-5-4-10-18(20)23(17)29-21)26-22(16-8-2-1-3-9-16)19-11-6-7-13-25-19/h1-14,22H,15H2,(H,26,27)/t22-/m0/s1. The molecule has 1 aliphatic rings. The van der Waals surface area contributed by atoms with Gasteiger partial charge in [0.15, 0.2) is 0 Å². The smallest absolute Gasteiger partial charge is 0.262 e. The van der Waals surface area contributed by atoms with Crippen LogP contribution in [0.15, 0.2) is 85.1 Å². The van der Waals surface area contributed by atoms with Gasteiger partial charge in [-0.25, -0.2) is 0 Å². The molecule has 5 heteroatoms. The van der Waals surface area contributed by atoms with Gasteiger partial charge in [-0.3, -0.25) is 9.78 Å². The Balaban J connectivity index is 1.47. The van der Waals surface area contributed by atoms with Gasteiger partial charge in [0.25, 0.3) is 5.91 Å². The predicted molar refractivity (Wildman–Crippen MR) is 114 cm³/mol. The van der Waals surface area contributed by atoms with Gasteiger partial charge < -0.3 is 10.1 Å². The number of para-hydroxylation sites is 1. The van der Waals surface area contributed by atoms with E-state index in [1.807, 2.05) is 78.9 Å². The van der Waals surface area contributed by atoms with E-state index in [0.29, 0.717) is 11.5 Å². The van der Waals surface area contributed by atoms with Crippen LogP contribution in [0.1, 0.15) is 32.5 Å². The van der Waals surface area contributed by atoms with Crippen LogP contribution >= 0.6 is 11.3 Å². The molecule has 0 bridgehead atoms. The summed E-state index contributed by atoms with van der Waals surface area (Å²) < 4.78 is 5.83. The molecule has 1 atom stereocenters. The van der Waals surface area contributed by atoms with Gasteiger partial charge in [-0.15, -0.1) is 11.3 Å². The number of fused-ring (bicyclic) bond motifs is 3. The van der Waals surface area contributed by atoms with E-state index in [1.165, 1.54) is 11.3 Å². The number of thiophene rings is 1. The fourth-order valence-electron chi connectivity index (χ4n) is 3.53. The van der Waals surface area contributed by atoms with Crippen molar-refractivity contribution in [3.63, 3.8) is 0 Å². The van der Waals surface area contributed by atoms with Crippen molar-refractivity contribution in [3.05, 3.63) is 107 Å². The van der Waals surface area contributed by atoms with Crippen LogP contribution < -0.4 is 10.1 Å². The highest BCUT2D eigenvalue weighted by Gasteiger charge is 2.24. The highest BCUT2D eigenvalue weighted by Crippen LogP contribution is 2.42. The average molecular weight is 398 g/mol. The molecule has 3 heterocycles. The van der Waals surface area contributed by atoms with Crippen molar-refractivity contribution < 1.29 is 9.53 Å². The number of nitrogens with one attached hydrogen (secondary N) is 1. The fourth-order valence-corrected chi connectivity index (χ4v) is 4.63. The number of pyridine rings is 1. The molecule has 0 spiro atoms. The van der Waals surface area contributed by atoms with Crippen LogP contribution in [-0.4, -0.2) is 10.9 Å². The lowest BCUT2D eigenvalue weighted by Crippen LogP contribution is -2.29. The third-order valence-corrected chi connectivity index (χ3v) is 6.15. The first kappa shape index (κ1) is 17.6. The molecule has 0 saturated carbocycles. The second-order valence-electron chi connectivity index (χ2n) is 6.82. The van der Waals surface area contributed by atoms with Crippen LogP contribution in [0.25, 0.3) is 10.4 Å². The topological polar surface area (TPSA) is 51.2 Å². The maximum absolute atomic E-state index is 13.2. The van der Waals surface area contributed by atoms with Gasteiger partial charge >= 0.3 is 0 Å². The third kappa shape index (κ3) is 3.41. The van der Waals surface area contributed by atoms with E-state index in [4.69, 9.17) is 4.74 Å². The molecule has 4 aromatic rings. The zero-order valence-corrected chi connectivity index (χ0v) is 16.4. The van der Waals surface area contributed by atoms with Gasteiger partial charge in [0, 0.05) is 22.2 Å². The number of carbonyl (C=O) groups excluding carboxylic acids is 1. The number of nitrogens with zero attached hydrogens (tertiary/aromatic N) is 1. The lowest BCUT2D eigenvalue weighted by Gasteiger charge is -2.18. The summed E-state index contributed by atoms with van der Waals surface area (Å²) in [5.41, 5.74) is 3.90. The summed E-state index contributed by atoms with van der Waals surface area (Å²) in [5.74, 6) is 0.755. The van der Waals surface area contributed by atoms with Gasteiger partial charge in [-0.05, 0) is 35.9 Å². The molecule has 29 heavy (non-hydrogen) atoms. The number of hydrogen-bond acceptors (Lipinski definition) is 4. The average Bonchev–Trinajstić information content (AvgIpc) is 3.24. The Morgan fingerprint density at radius 1 is 1.00 bits per heavy atom. The molecule has 1 amide bonds. The van der Waals surface area contributed by atoms with Crippen molar-refractivity contribution in [1.82, 2.24) is 10.3 Å². The fraction of sp³-hybridized carbons (Fsp3) is 0.0833. The third-order valence-electron chi connectivity index (χ3n) is 4.94. The van der Waals surface area contributed by atoms with Crippen molar-refractivity contribution >= 4 is 17.2 Å². The summed E-state index contributed by atoms with van der Waals surface area (Å²) in [6, 6.07) is 25.2. The minimum absolute atomic E-state index is 0.110. The molecule has 142 valence electrons. The molecule has 0 saturated heterocycles. The Kier molecular flexibility index (Phi) is 4.58. The van der Waals surface area contributed by atoms with Crippen LogP contribution in [-0.2, 0) is 6.61 Å². The van der Waals surface area contributed by atoms with E-state index in [9.17, 15) is 4.79 Å². The number of carbonyl (C=O) groups is 1. The highest BCUT2D eigenvalue weighted by atomic mass is 32.1. The van der Waals surface area contributed by atoms with E-state index in [0.717, 1.165) is 33.0 Å². The van der Waals surface area contributed by atoms with Gasteiger partial charge in [0.2, 0.25) is 0 Å². The van der Waals surface area contributed by atoms with Crippen molar-refractivity contribution in [2.24, 2.45) is 0 Å². The molecule has 5 rings (SSSR count). The van der Waals surface area contributed by atoms with Crippen molar-refractivity contribution in [3.8, 4) is 16.2 Å².